The van der Waals surface area contributed by atoms with Crippen LogP contribution in [0.5, 0.6) is 5.75 Å². The molecule has 3 rings (SSSR count). The van der Waals surface area contributed by atoms with Crippen LogP contribution >= 0.6 is 0 Å². The summed E-state index contributed by atoms with van der Waals surface area (Å²) in [5.41, 5.74) is 2.69. The lowest BCUT2D eigenvalue weighted by atomic mass is 10.0. The molecule has 0 bridgehead atoms. The minimum absolute atomic E-state index is 0.0821. The summed E-state index contributed by atoms with van der Waals surface area (Å²) in [4.78, 5) is 14.8. The number of nitrogens with one attached hydrogen (secondary N) is 1. The highest BCUT2D eigenvalue weighted by atomic mass is 16.5. The van der Waals surface area contributed by atoms with Crippen molar-refractivity contribution in [3.8, 4) is 5.75 Å². The molecule has 0 fully saturated rings. The smallest absolute Gasteiger partial charge is 0.257 e. The first-order chi connectivity index (χ1) is 11.6. The maximum absolute atomic E-state index is 12.9. The third-order valence-corrected chi connectivity index (χ3v) is 4.05. The molecule has 1 amide bonds. The Labute approximate surface area is 143 Å². The second-order valence-corrected chi connectivity index (χ2v) is 6.33. The van der Waals surface area contributed by atoms with Gasteiger partial charge in [0, 0.05) is 12.2 Å². The van der Waals surface area contributed by atoms with Crippen molar-refractivity contribution in [1.82, 2.24) is 4.90 Å². The quantitative estimate of drug-likeness (QED) is 0.883. The van der Waals surface area contributed by atoms with Gasteiger partial charge in [-0.15, -0.1) is 0 Å². The first kappa shape index (κ1) is 16.4. The molecule has 0 aliphatic carbocycles. The molecule has 24 heavy (non-hydrogen) atoms. The van der Waals surface area contributed by atoms with E-state index in [4.69, 9.17) is 4.74 Å². The zero-order chi connectivity index (χ0) is 17.1. The van der Waals surface area contributed by atoms with Crippen molar-refractivity contribution in [1.29, 1.82) is 0 Å². The maximum Gasteiger partial charge on any atom is 0.257 e. The molecule has 1 heterocycles. The van der Waals surface area contributed by atoms with E-state index in [1.165, 1.54) is 0 Å². The predicted octanol–water partition coefficient (Wildman–Crippen LogP) is 4.45. The lowest BCUT2D eigenvalue weighted by molar-refractivity contribution is 0.0683. The number of rotatable bonds is 5. The van der Waals surface area contributed by atoms with E-state index in [9.17, 15) is 4.79 Å². The Kier molecular flexibility index (Phi) is 4.74. The fraction of sp³-hybridized carbons (Fsp3) is 0.350. The number of carbonyl (C=O) groups is 1. The van der Waals surface area contributed by atoms with Gasteiger partial charge in [0.2, 0.25) is 0 Å². The van der Waals surface area contributed by atoms with Crippen LogP contribution in [-0.4, -0.2) is 23.5 Å². The van der Waals surface area contributed by atoms with Crippen LogP contribution in [0.1, 0.15) is 49.3 Å². The molecule has 1 unspecified atom stereocenters. The minimum atomic E-state index is -0.152. The van der Waals surface area contributed by atoms with Gasteiger partial charge in [0.15, 0.2) is 0 Å². The molecular weight excluding hydrogens is 300 g/mol. The summed E-state index contributed by atoms with van der Waals surface area (Å²) in [6.07, 6.45) is 0.912. The van der Waals surface area contributed by atoms with Gasteiger partial charge in [-0.1, -0.05) is 31.2 Å². The number of para-hydroxylation sites is 1. The Hall–Kier alpha value is -2.49. The lowest BCUT2D eigenvalue weighted by Gasteiger charge is -2.38. The summed E-state index contributed by atoms with van der Waals surface area (Å²) in [5, 5.41) is 3.50. The van der Waals surface area contributed by atoms with Crippen LogP contribution in [0.2, 0.25) is 0 Å². The van der Waals surface area contributed by atoms with Crippen LogP contribution in [0.4, 0.5) is 5.69 Å². The monoisotopic (exact) mass is 324 g/mol. The molecule has 2 aromatic rings. The van der Waals surface area contributed by atoms with Gasteiger partial charge in [-0.3, -0.25) is 4.79 Å². The third-order valence-electron chi connectivity index (χ3n) is 4.05. The molecule has 0 saturated carbocycles. The summed E-state index contributed by atoms with van der Waals surface area (Å²) in [5.74, 6) is 0.928. The zero-order valence-electron chi connectivity index (χ0n) is 14.5. The number of amides is 1. The normalized spacial score (nSPS) is 16.8. The molecule has 0 spiro atoms. The van der Waals surface area contributed by atoms with Gasteiger partial charge < -0.3 is 15.0 Å². The largest absolute Gasteiger partial charge is 0.491 e. The number of hydrogen-bond donors (Lipinski definition) is 1. The highest BCUT2D eigenvalue weighted by Crippen LogP contribution is 2.33. The third kappa shape index (κ3) is 3.23. The number of anilines is 1. The van der Waals surface area contributed by atoms with Crippen LogP contribution < -0.4 is 10.1 Å². The highest BCUT2D eigenvalue weighted by Gasteiger charge is 2.32. The molecule has 1 aliphatic heterocycles. The van der Waals surface area contributed by atoms with E-state index in [-0.39, 0.29) is 18.2 Å². The van der Waals surface area contributed by atoms with Gasteiger partial charge in [-0.05, 0) is 50.1 Å². The van der Waals surface area contributed by atoms with Gasteiger partial charge in [-0.2, -0.15) is 0 Å². The molecule has 1 atom stereocenters. The number of hydrogen-bond acceptors (Lipinski definition) is 3. The second-order valence-electron chi connectivity index (χ2n) is 6.33. The molecule has 0 radical (unpaired) electrons. The lowest BCUT2D eigenvalue weighted by Crippen LogP contribution is -2.43. The van der Waals surface area contributed by atoms with Crippen molar-refractivity contribution >= 4 is 11.6 Å². The van der Waals surface area contributed by atoms with E-state index < -0.39 is 0 Å². The summed E-state index contributed by atoms with van der Waals surface area (Å²) in [6.45, 7) is 6.82. The molecule has 1 aliphatic rings. The Morgan fingerprint density at radius 1 is 1.12 bits per heavy atom. The topological polar surface area (TPSA) is 41.6 Å². The molecule has 0 aromatic heterocycles. The molecule has 4 nitrogen and oxygen atoms in total. The Morgan fingerprint density at radius 3 is 2.50 bits per heavy atom. The fourth-order valence-electron chi connectivity index (χ4n) is 3.03. The van der Waals surface area contributed by atoms with E-state index in [1.54, 1.807) is 0 Å². The zero-order valence-corrected chi connectivity index (χ0v) is 14.5. The predicted molar refractivity (Wildman–Crippen MR) is 96.3 cm³/mol. The second kappa shape index (κ2) is 6.95. The molecule has 2 aromatic carbocycles. The van der Waals surface area contributed by atoms with Crippen LogP contribution in [0, 0.1) is 0 Å². The van der Waals surface area contributed by atoms with Crippen LogP contribution in [-0.2, 0) is 0 Å². The Morgan fingerprint density at radius 2 is 1.83 bits per heavy atom. The number of nitrogens with zero attached hydrogens (tertiary/aromatic N) is 1. The van der Waals surface area contributed by atoms with Gasteiger partial charge in [0.05, 0.1) is 11.7 Å². The summed E-state index contributed by atoms with van der Waals surface area (Å²) < 4.78 is 5.71. The summed E-state index contributed by atoms with van der Waals surface area (Å²) >= 11 is 0. The molecule has 0 saturated heterocycles. The average molecular weight is 324 g/mol. The van der Waals surface area contributed by atoms with Crippen molar-refractivity contribution in [3.05, 3.63) is 59.7 Å². The number of ether oxygens (including phenoxy) is 1. The van der Waals surface area contributed by atoms with E-state index in [1.807, 2.05) is 67.3 Å². The molecule has 4 heteroatoms. The van der Waals surface area contributed by atoms with Crippen LogP contribution in [0.3, 0.4) is 0 Å². The first-order valence-electron chi connectivity index (χ1n) is 8.53. The van der Waals surface area contributed by atoms with E-state index in [0.717, 1.165) is 35.5 Å². The summed E-state index contributed by atoms with van der Waals surface area (Å²) in [6, 6.07) is 15.7. The van der Waals surface area contributed by atoms with Crippen LogP contribution in [0.15, 0.2) is 48.5 Å². The number of fused-ring (bicyclic) bond motifs is 1. The van der Waals surface area contributed by atoms with E-state index >= 15 is 0 Å². The average Bonchev–Trinajstić information content (AvgIpc) is 2.58. The fourth-order valence-corrected chi connectivity index (χ4v) is 3.03. The Bertz CT molecular complexity index is 710. The van der Waals surface area contributed by atoms with Gasteiger partial charge in [0.25, 0.3) is 5.91 Å². The van der Waals surface area contributed by atoms with E-state index in [2.05, 4.69) is 12.2 Å². The van der Waals surface area contributed by atoms with Gasteiger partial charge >= 0.3 is 0 Å². The summed E-state index contributed by atoms with van der Waals surface area (Å²) in [7, 11) is 0. The SMILES string of the molecule is CCCN1C(=O)c2ccccc2NC1c1ccc(OC(C)C)cc1. The van der Waals surface area contributed by atoms with Crippen molar-refractivity contribution in [3.63, 3.8) is 0 Å². The molecule has 1 N–H and O–H groups in total. The standard InChI is InChI=1S/C20H24N2O2/c1-4-13-22-19(15-9-11-16(12-10-15)24-14(2)3)21-18-8-6-5-7-17(18)20(22)23/h5-12,14,19,21H,4,13H2,1-3H3. The van der Waals surface area contributed by atoms with E-state index in [0.29, 0.717) is 0 Å². The van der Waals surface area contributed by atoms with Crippen LogP contribution in [0.25, 0.3) is 0 Å². The van der Waals surface area contributed by atoms with Crippen molar-refractivity contribution in [2.24, 2.45) is 0 Å². The van der Waals surface area contributed by atoms with Gasteiger partial charge in [0.1, 0.15) is 11.9 Å². The van der Waals surface area contributed by atoms with Crippen molar-refractivity contribution < 1.29 is 9.53 Å². The maximum atomic E-state index is 12.9. The number of carbonyl (C=O) groups excluding carboxylic acids is 1. The minimum Gasteiger partial charge on any atom is -0.491 e. The first-order valence-corrected chi connectivity index (χ1v) is 8.53. The highest BCUT2D eigenvalue weighted by molar-refractivity contribution is 6.01. The Balaban J connectivity index is 1.91. The van der Waals surface area contributed by atoms with Gasteiger partial charge in [-0.25, -0.2) is 0 Å². The molecule has 126 valence electrons. The van der Waals surface area contributed by atoms with Crippen molar-refractivity contribution in [2.75, 3.05) is 11.9 Å². The van der Waals surface area contributed by atoms with Crippen molar-refractivity contribution in [2.45, 2.75) is 39.5 Å². The number of benzene rings is 2. The molecular formula is C20H24N2O2.